The van der Waals surface area contributed by atoms with Crippen LogP contribution in [-0.2, 0) is 4.79 Å². The van der Waals surface area contributed by atoms with Crippen molar-refractivity contribution in [1.82, 2.24) is 0 Å². The number of nitrogens with two attached hydrogens (primary N) is 1. The third-order valence-corrected chi connectivity index (χ3v) is 2.01. The van der Waals surface area contributed by atoms with Crippen LogP contribution in [-0.4, -0.2) is 22.2 Å². The monoisotopic (exact) mass is 183 g/mol. The Hall–Kier alpha value is -1.29. The molecule has 1 aliphatic carbocycles. The average Bonchev–Trinajstić information content (AvgIpc) is 2.08. The molecule has 0 unspecified atom stereocenters. The second-order valence-corrected chi connectivity index (χ2v) is 3.13. The number of carboxylic acid groups (broad SMARTS) is 1. The van der Waals surface area contributed by atoms with Gasteiger partial charge in [-0.3, -0.25) is 4.79 Å². The number of aliphatic hydroxyl groups excluding tert-OH is 1. The van der Waals surface area contributed by atoms with Gasteiger partial charge < -0.3 is 15.9 Å². The molecular formula is C9H13NO3. The van der Waals surface area contributed by atoms with E-state index in [1.54, 1.807) is 12.2 Å². The van der Waals surface area contributed by atoms with Crippen LogP contribution in [0.15, 0.2) is 23.5 Å². The van der Waals surface area contributed by atoms with Gasteiger partial charge in [-0.15, -0.1) is 0 Å². The maximum atomic E-state index is 10.4. The van der Waals surface area contributed by atoms with Gasteiger partial charge in [0.15, 0.2) is 0 Å². The standard InChI is InChI=1S/C9H13NO3/c10-8(9(12)13)5-6-1-3-7(11)4-2-6/h1,3,8,11H,2,4-5,10H2,(H,12,13)/t8-/m0/s1. The van der Waals surface area contributed by atoms with Gasteiger partial charge in [0.1, 0.15) is 6.04 Å². The van der Waals surface area contributed by atoms with Gasteiger partial charge >= 0.3 is 5.97 Å². The van der Waals surface area contributed by atoms with Crippen molar-refractivity contribution >= 4 is 5.97 Å². The molecule has 0 bridgehead atoms. The highest BCUT2D eigenvalue weighted by Gasteiger charge is 2.14. The Bertz CT molecular complexity index is 268. The third kappa shape index (κ3) is 2.91. The van der Waals surface area contributed by atoms with Gasteiger partial charge in [-0.1, -0.05) is 11.6 Å². The van der Waals surface area contributed by atoms with E-state index in [1.165, 1.54) is 0 Å². The summed E-state index contributed by atoms with van der Waals surface area (Å²) in [6, 6.07) is -0.833. The summed E-state index contributed by atoms with van der Waals surface area (Å²) in [5, 5.41) is 17.6. The zero-order chi connectivity index (χ0) is 9.84. The van der Waals surface area contributed by atoms with Crippen molar-refractivity contribution in [3.05, 3.63) is 23.5 Å². The van der Waals surface area contributed by atoms with Crippen LogP contribution in [0, 0.1) is 0 Å². The van der Waals surface area contributed by atoms with Gasteiger partial charge in [-0.2, -0.15) is 0 Å². The molecule has 1 rings (SSSR count). The van der Waals surface area contributed by atoms with Crippen molar-refractivity contribution in [3.8, 4) is 0 Å². The quantitative estimate of drug-likeness (QED) is 0.608. The molecule has 0 saturated carbocycles. The van der Waals surface area contributed by atoms with Crippen molar-refractivity contribution in [1.29, 1.82) is 0 Å². The van der Waals surface area contributed by atoms with Crippen molar-refractivity contribution in [2.75, 3.05) is 0 Å². The molecule has 0 spiro atoms. The van der Waals surface area contributed by atoms with Crippen LogP contribution in [0.1, 0.15) is 19.3 Å². The van der Waals surface area contributed by atoms with E-state index in [4.69, 9.17) is 15.9 Å². The molecule has 0 radical (unpaired) electrons. The molecule has 1 aliphatic rings. The normalized spacial score (nSPS) is 18.8. The molecule has 1 atom stereocenters. The van der Waals surface area contributed by atoms with Gasteiger partial charge in [-0.05, 0) is 18.9 Å². The van der Waals surface area contributed by atoms with Crippen molar-refractivity contribution in [2.24, 2.45) is 5.73 Å². The Labute approximate surface area is 76.4 Å². The summed E-state index contributed by atoms with van der Waals surface area (Å²) in [6.45, 7) is 0. The van der Waals surface area contributed by atoms with Gasteiger partial charge in [-0.25, -0.2) is 0 Å². The lowest BCUT2D eigenvalue weighted by Gasteiger charge is -2.13. The van der Waals surface area contributed by atoms with E-state index in [0.29, 0.717) is 25.0 Å². The molecule has 4 heteroatoms. The summed E-state index contributed by atoms with van der Waals surface area (Å²) in [5.41, 5.74) is 6.34. The average molecular weight is 183 g/mol. The molecule has 4 nitrogen and oxygen atoms in total. The first-order chi connectivity index (χ1) is 6.09. The highest BCUT2D eigenvalue weighted by Crippen LogP contribution is 2.19. The minimum absolute atomic E-state index is 0.340. The van der Waals surface area contributed by atoms with Crippen molar-refractivity contribution in [3.63, 3.8) is 0 Å². The Kier molecular flexibility index (Phi) is 3.08. The summed E-state index contributed by atoms with van der Waals surface area (Å²) in [6.07, 6.45) is 4.97. The predicted molar refractivity (Wildman–Crippen MR) is 48.3 cm³/mol. The number of hydrogen-bond acceptors (Lipinski definition) is 3. The Morgan fingerprint density at radius 1 is 1.54 bits per heavy atom. The van der Waals surface area contributed by atoms with Gasteiger partial charge in [0.05, 0.1) is 5.76 Å². The molecular weight excluding hydrogens is 170 g/mol. The smallest absolute Gasteiger partial charge is 0.320 e. The number of carboxylic acids is 1. The molecule has 0 aromatic heterocycles. The third-order valence-electron chi connectivity index (χ3n) is 2.01. The van der Waals surface area contributed by atoms with Gasteiger partial charge in [0.25, 0.3) is 0 Å². The van der Waals surface area contributed by atoms with Gasteiger partial charge in [0.2, 0.25) is 0 Å². The molecule has 0 aromatic carbocycles. The van der Waals surface area contributed by atoms with E-state index in [1.807, 2.05) is 0 Å². The van der Waals surface area contributed by atoms with Crippen LogP contribution >= 0.6 is 0 Å². The lowest BCUT2D eigenvalue weighted by molar-refractivity contribution is -0.138. The van der Waals surface area contributed by atoms with E-state index in [2.05, 4.69) is 0 Å². The first-order valence-corrected chi connectivity index (χ1v) is 4.15. The highest BCUT2D eigenvalue weighted by molar-refractivity contribution is 5.73. The van der Waals surface area contributed by atoms with E-state index in [0.717, 1.165) is 5.57 Å². The second kappa shape index (κ2) is 4.09. The lowest BCUT2D eigenvalue weighted by Crippen LogP contribution is -2.30. The largest absolute Gasteiger partial charge is 0.512 e. The summed E-state index contributed by atoms with van der Waals surface area (Å²) in [4.78, 5) is 10.4. The second-order valence-electron chi connectivity index (χ2n) is 3.13. The summed E-state index contributed by atoms with van der Waals surface area (Å²) in [7, 11) is 0. The summed E-state index contributed by atoms with van der Waals surface area (Å²) < 4.78 is 0. The molecule has 72 valence electrons. The first-order valence-electron chi connectivity index (χ1n) is 4.15. The van der Waals surface area contributed by atoms with Crippen LogP contribution < -0.4 is 5.73 Å². The van der Waals surface area contributed by atoms with E-state index in [9.17, 15) is 4.79 Å². The predicted octanol–water partition coefficient (Wildman–Crippen LogP) is 0.951. The topological polar surface area (TPSA) is 83.5 Å². The van der Waals surface area contributed by atoms with E-state index < -0.39 is 12.0 Å². The molecule has 0 aromatic rings. The van der Waals surface area contributed by atoms with Crippen LogP contribution in [0.5, 0.6) is 0 Å². The fourth-order valence-electron chi connectivity index (χ4n) is 1.21. The fourth-order valence-corrected chi connectivity index (χ4v) is 1.21. The molecule has 13 heavy (non-hydrogen) atoms. The SMILES string of the molecule is N[C@@H](CC1=CC=C(O)CC1)C(=O)O. The zero-order valence-corrected chi connectivity index (χ0v) is 7.23. The van der Waals surface area contributed by atoms with Gasteiger partial charge in [0, 0.05) is 6.42 Å². The Balaban J connectivity index is 2.51. The molecule has 0 saturated heterocycles. The molecule has 0 aliphatic heterocycles. The van der Waals surface area contributed by atoms with Crippen LogP contribution in [0.4, 0.5) is 0 Å². The number of aliphatic carboxylic acids is 1. The number of allylic oxidation sites excluding steroid dienone is 3. The summed E-state index contributed by atoms with van der Waals surface area (Å²) in [5.74, 6) is -0.646. The van der Waals surface area contributed by atoms with Crippen molar-refractivity contribution in [2.45, 2.75) is 25.3 Å². The van der Waals surface area contributed by atoms with Crippen LogP contribution in [0.3, 0.4) is 0 Å². The number of hydrogen-bond donors (Lipinski definition) is 3. The first kappa shape index (κ1) is 9.80. The summed E-state index contributed by atoms with van der Waals surface area (Å²) >= 11 is 0. The number of aliphatic hydroxyl groups is 1. The van der Waals surface area contributed by atoms with Crippen molar-refractivity contribution < 1.29 is 15.0 Å². The number of rotatable bonds is 3. The molecule has 0 heterocycles. The highest BCUT2D eigenvalue weighted by atomic mass is 16.4. The maximum absolute atomic E-state index is 10.4. The fraction of sp³-hybridized carbons (Fsp3) is 0.444. The van der Waals surface area contributed by atoms with Crippen LogP contribution in [0.25, 0.3) is 0 Å². The van der Waals surface area contributed by atoms with E-state index in [-0.39, 0.29) is 0 Å². The Morgan fingerprint density at radius 2 is 2.23 bits per heavy atom. The lowest BCUT2D eigenvalue weighted by atomic mass is 9.97. The zero-order valence-electron chi connectivity index (χ0n) is 7.23. The number of carbonyl (C=O) groups is 1. The maximum Gasteiger partial charge on any atom is 0.320 e. The molecule has 0 fully saturated rings. The molecule has 0 amide bonds. The minimum Gasteiger partial charge on any atom is -0.512 e. The minimum atomic E-state index is -0.986. The van der Waals surface area contributed by atoms with E-state index >= 15 is 0 Å². The Morgan fingerprint density at radius 3 is 2.69 bits per heavy atom. The molecule has 4 N–H and O–H groups in total. The van der Waals surface area contributed by atoms with Crippen LogP contribution in [0.2, 0.25) is 0 Å².